The zero-order valence-electron chi connectivity index (χ0n) is 64.4. The van der Waals surface area contributed by atoms with Crippen LogP contribution in [-0.4, -0.2) is 0 Å². The summed E-state index contributed by atoms with van der Waals surface area (Å²) in [6, 6.07) is 156. The van der Waals surface area contributed by atoms with Crippen LogP contribution in [-0.2, 0) is 0 Å². The van der Waals surface area contributed by atoms with Crippen LogP contribution < -0.4 is 0 Å². The molecule has 24 aromatic rings. The smallest absolute Gasteiger partial charge is 0.00927 e. The minimum absolute atomic E-state index is 1.25. The highest BCUT2D eigenvalue weighted by molar-refractivity contribution is 6.24. The molecule has 0 aliphatic heterocycles. The van der Waals surface area contributed by atoms with Gasteiger partial charge in [0.2, 0.25) is 0 Å². The van der Waals surface area contributed by atoms with Gasteiger partial charge in [-0.3, -0.25) is 0 Å². The highest BCUT2D eigenvalue weighted by atomic mass is 14.2. The zero-order chi connectivity index (χ0) is 76.9. The standard InChI is InChI=1S/C40H28.2C38H24/c1-25-19-35-36(37(21-25)39-23-27-11-3-5-13-29(27)31-15-7-9-17-33(31)39)20-26(2)22-38(35)40-24-28-12-4-6-14-30(28)32-16-8-10-18-34(32)40;1-3-13-27-25(11-1)23-37(33-17-7-5-15-29(27)33)35-21-9-20-32-31(35)19-10-22-36(32)38-24-26-12-2-4-14-28(26)30-16-6-8-18-34(30)38;1-3-11-31-27(9-1)23-37(35-15-7-5-13-33(31)35)29-19-17-26-22-30(20-18-25(26)21-29)38-24-28-10-2-4-12-32(28)34-14-6-8-16-36(34)38/h3-24H,1-2H3;2*1-24H. The van der Waals surface area contributed by atoms with Crippen LogP contribution in [0.15, 0.2) is 425 Å². The minimum Gasteiger partial charge on any atom is -0.0616 e. The Morgan fingerprint density at radius 2 is 0.293 bits per heavy atom. The number of benzene rings is 24. The van der Waals surface area contributed by atoms with Crippen molar-refractivity contribution < 1.29 is 0 Å². The average Bonchev–Trinajstić information content (AvgIpc) is 0.757. The monoisotopic (exact) mass is 1470 g/mol. The van der Waals surface area contributed by atoms with E-state index in [1.807, 2.05) is 0 Å². The van der Waals surface area contributed by atoms with Gasteiger partial charge in [-0.05, 0) is 302 Å². The van der Waals surface area contributed by atoms with Crippen molar-refractivity contribution in [3.05, 3.63) is 436 Å². The Kier molecular flexibility index (Phi) is 16.5. The molecule has 0 bridgehead atoms. The van der Waals surface area contributed by atoms with Gasteiger partial charge in [0.25, 0.3) is 0 Å². The van der Waals surface area contributed by atoms with Crippen LogP contribution in [0.5, 0.6) is 0 Å². The molecule has 0 saturated carbocycles. The fourth-order valence-electron chi connectivity index (χ4n) is 19.3. The lowest BCUT2D eigenvalue weighted by Gasteiger charge is -2.18. The van der Waals surface area contributed by atoms with Crippen LogP contribution in [0.25, 0.3) is 228 Å². The molecule has 0 aromatic heterocycles. The van der Waals surface area contributed by atoms with Crippen molar-refractivity contribution in [2.45, 2.75) is 13.8 Å². The summed E-state index contributed by atoms with van der Waals surface area (Å²) in [6.45, 7) is 4.46. The first-order chi connectivity index (χ1) is 57.3. The molecule has 24 rings (SSSR count). The van der Waals surface area contributed by atoms with Gasteiger partial charge >= 0.3 is 0 Å². The molecular formula is C116H76. The molecule has 0 atom stereocenters. The molecule has 0 nitrogen and oxygen atoms in total. The molecule has 0 fully saturated rings. The predicted molar refractivity (Wildman–Crippen MR) is 504 cm³/mol. The maximum atomic E-state index is 2.39. The summed E-state index contributed by atoms with van der Waals surface area (Å²) < 4.78 is 0. The van der Waals surface area contributed by atoms with Crippen molar-refractivity contribution in [3.63, 3.8) is 0 Å². The molecule has 540 valence electrons. The van der Waals surface area contributed by atoms with Crippen molar-refractivity contribution >= 4 is 162 Å². The summed E-state index contributed by atoms with van der Waals surface area (Å²) in [5.74, 6) is 0. The third kappa shape index (κ3) is 11.6. The van der Waals surface area contributed by atoms with Gasteiger partial charge in [-0.15, -0.1) is 0 Å². The molecule has 0 heterocycles. The molecule has 0 radical (unpaired) electrons. The van der Waals surface area contributed by atoms with E-state index in [1.165, 1.54) is 239 Å². The Hall–Kier alpha value is -14.8. The Balaban J connectivity index is 0.000000106. The van der Waals surface area contributed by atoms with Crippen LogP contribution in [0.1, 0.15) is 11.1 Å². The van der Waals surface area contributed by atoms with Gasteiger partial charge in [-0.2, -0.15) is 0 Å². The number of hydrogen-bond donors (Lipinski definition) is 0. The maximum Gasteiger partial charge on any atom is -0.00927 e. The molecule has 0 heteroatoms. The van der Waals surface area contributed by atoms with E-state index >= 15 is 0 Å². The largest absolute Gasteiger partial charge is 0.0616 e. The second kappa shape index (κ2) is 28.1. The van der Waals surface area contributed by atoms with Crippen LogP contribution >= 0.6 is 0 Å². The summed E-state index contributed by atoms with van der Waals surface area (Å²) in [6.07, 6.45) is 0. The van der Waals surface area contributed by atoms with Gasteiger partial charge in [0, 0.05) is 0 Å². The third-order valence-electron chi connectivity index (χ3n) is 24.5. The number of fused-ring (bicyclic) bond motifs is 21. The Bertz CT molecular complexity index is 7690. The van der Waals surface area contributed by atoms with Crippen LogP contribution in [0.2, 0.25) is 0 Å². The molecule has 0 saturated heterocycles. The maximum absolute atomic E-state index is 2.39. The van der Waals surface area contributed by atoms with E-state index in [0.717, 1.165) is 0 Å². The third-order valence-corrected chi connectivity index (χ3v) is 24.5. The highest BCUT2D eigenvalue weighted by Crippen LogP contribution is 2.48. The molecule has 0 aliphatic carbocycles. The van der Waals surface area contributed by atoms with Crippen molar-refractivity contribution in [3.8, 4) is 66.8 Å². The predicted octanol–water partition coefficient (Wildman–Crippen LogP) is 33.0. The lowest BCUT2D eigenvalue weighted by Crippen LogP contribution is -1.92. The van der Waals surface area contributed by atoms with Crippen LogP contribution in [0.3, 0.4) is 0 Å². The molecule has 0 unspecified atom stereocenters. The van der Waals surface area contributed by atoms with E-state index in [-0.39, 0.29) is 0 Å². The fourth-order valence-corrected chi connectivity index (χ4v) is 19.3. The quantitative estimate of drug-likeness (QED) is 0.146. The number of hydrogen-bond acceptors (Lipinski definition) is 0. The summed E-state index contributed by atoms with van der Waals surface area (Å²) in [5, 5.41) is 38.8. The number of rotatable bonds is 6. The van der Waals surface area contributed by atoms with E-state index in [9.17, 15) is 0 Å². The molecule has 0 spiro atoms. The minimum atomic E-state index is 1.25. The first kappa shape index (κ1) is 68.0. The van der Waals surface area contributed by atoms with Crippen molar-refractivity contribution in [2.75, 3.05) is 0 Å². The Morgan fingerprint density at radius 1 is 0.103 bits per heavy atom. The summed E-state index contributed by atoms with van der Waals surface area (Å²) >= 11 is 0. The first-order valence-corrected chi connectivity index (χ1v) is 40.4. The van der Waals surface area contributed by atoms with Crippen molar-refractivity contribution in [1.29, 1.82) is 0 Å². The van der Waals surface area contributed by atoms with Gasteiger partial charge in [-0.25, -0.2) is 0 Å². The van der Waals surface area contributed by atoms with E-state index in [1.54, 1.807) is 0 Å². The van der Waals surface area contributed by atoms with Crippen LogP contribution in [0.4, 0.5) is 0 Å². The molecule has 0 amide bonds. The Labute approximate surface area is 673 Å². The van der Waals surface area contributed by atoms with Gasteiger partial charge in [0.1, 0.15) is 0 Å². The average molecular weight is 1470 g/mol. The van der Waals surface area contributed by atoms with Gasteiger partial charge in [0.05, 0.1) is 0 Å². The van der Waals surface area contributed by atoms with Gasteiger partial charge < -0.3 is 0 Å². The van der Waals surface area contributed by atoms with Crippen molar-refractivity contribution in [2.24, 2.45) is 0 Å². The second-order valence-corrected chi connectivity index (χ2v) is 31.3. The molecule has 24 aromatic carbocycles. The summed E-state index contributed by atoms with van der Waals surface area (Å²) in [7, 11) is 0. The first-order valence-electron chi connectivity index (χ1n) is 40.4. The van der Waals surface area contributed by atoms with E-state index in [2.05, 4.69) is 438 Å². The molecule has 0 aliphatic rings. The summed E-state index contributed by atoms with van der Waals surface area (Å²) in [5.41, 5.74) is 17.9. The normalized spacial score (nSPS) is 11.7. The Morgan fingerprint density at radius 3 is 0.560 bits per heavy atom. The fraction of sp³-hybridized carbons (Fsp3) is 0.0172. The van der Waals surface area contributed by atoms with E-state index in [0.29, 0.717) is 0 Å². The van der Waals surface area contributed by atoms with Gasteiger partial charge in [0.15, 0.2) is 0 Å². The van der Waals surface area contributed by atoms with E-state index < -0.39 is 0 Å². The SMILES string of the molecule is Cc1cc(-c2cc3ccccc3c3ccccc23)c2cc(C)cc(-c3cc4ccccc4c4ccccc34)c2c1.c1ccc2c(c1)cc(-c1ccc3cc(-c4cc5ccccc5c5ccccc45)ccc3c1)c1ccccc12.c1ccc2c(c1)cc(-c1cccc3c(-c4cc5ccccc5c5ccccc45)cccc13)c1ccccc12. The number of aryl methyl sites for hydroxylation is 2. The molecular weight excluding hydrogens is 1390 g/mol. The van der Waals surface area contributed by atoms with Gasteiger partial charge in [-0.1, -0.05) is 376 Å². The second-order valence-electron chi connectivity index (χ2n) is 31.3. The summed E-state index contributed by atoms with van der Waals surface area (Å²) in [4.78, 5) is 0. The van der Waals surface area contributed by atoms with Crippen LogP contribution in [0, 0.1) is 13.8 Å². The zero-order valence-corrected chi connectivity index (χ0v) is 64.4. The molecule has 116 heavy (non-hydrogen) atoms. The van der Waals surface area contributed by atoms with E-state index in [4.69, 9.17) is 0 Å². The molecule has 0 N–H and O–H groups in total. The lowest BCUT2D eigenvalue weighted by molar-refractivity contribution is 1.47. The highest BCUT2D eigenvalue weighted by Gasteiger charge is 2.21. The van der Waals surface area contributed by atoms with Crippen molar-refractivity contribution in [1.82, 2.24) is 0 Å². The topological polar surface area (TPSA) is 0 Å². The lowest BCUT2D eigenvalue weighted by atomic mass is 9.85.